The number of fused-ring (bicyclic) bond motifs is 1. The number of benzene rings is 1. The van der Waals surface area contributed by atoms with Crippen LogP contribution in [0.15, 0.2) is 27.9 Å². The van der Waals surface area contributed by atoms with Gasteiger partial charge in [-0.05, 0) is 31.0 Å². The lowest BCUT2D eigenvalue weighted by Crippen LogP contribution is -2.48. The summed E-state index contributed by atoms with van der Waals surface area (Å²) in [6.07, 6.45) is 2.25. The van der Waals surface area contributed by atoms with Crippen molar-refractivity contribution >= 4 is 27.0 Å². The molecule has 13 heteroatoms. The Bertz CT molecular complexity index is 1470. The summed E-state index contributed by atoms with van der Waals surface area (Å²) in [4.78, 5) is 33.4. The molecule has 0 aliphatic carbocycles. The second-order valence-corrected chi connectivity index (χ2v) is 11.3. The van der Waals surface area contributed by atoms with Gasteiger partial charge >= 0.3 is 5.97 Å². The number of nitrogens with one attached hydrogen (secondary N) is 1. The molecule has 38 heavy (non-hydrogen) atoms. The monoisotopic (exact) mass is 546 g/mol. The molecule has 0 bridgehead atoms. The molecule has 0 radical (unpaired) electrons. The van der Waals surface area contributed by atoms with E-state index in [4.69, 9.17) is 14.8 Å². The van der Waals surface area contributed by atoms with E-state index in [2.05, 4.69) is 10.1 Å². The van der Waals surface area contributed by atoms with Crippen LogP contribution in [-0.2, 0) is 28.3 Å². The highest BCUT2D eigenvalue weighted by atomic mass is 32.2. The van der Waals surface area contributed by atoms with Crippen LogP contribution in [0.1, 0.15) is 38.8 Å². The zero-order valence-electron chi connectivity index (χ0n) is 21.9. The Morgan fingerprint density at radius 1 is 1.16 bits per heavy atom. The summed E-state index contributed by atoms with van der Waals surface area (Å²) >= 11 is 0. The number of carboxylic acids is 1. The van der Waals surface area contributed by atoms with Crippen molar-refractivity contribution in [3.63, 3.8) is 0 Å². The van der Waals surface area contributed by atoms with Crippen molar-refractivity contribution in [3.8, 4) is 17.1 Å². The number of rotatable bonds is 11. The molecule has 1 aromatic carbocycles. The van der Waals surface area contributed by atoms with Crippen LogP contribution >= 0.6 is 0 Å². The summed E-state index contributed by atoms with van der Waals surface area (Å²) in [5.74, 6) is -0.238. The maximum Gasteiger partial charge on any atom is 0.304 e. The Balaban J connectivity index is 1.71. The topological polar surface area (TPSA) is 151 Å². The predicted molar refractivity (Wildman–Crippen MR) is 142 cm³/mol. The third kappa shape index (κ3) is 5.74. The fourth-order valence-electron chi connectivity index (χ4n) is 4.57. The van der Waals surface area contributed by atoms with Crippen LogP contribution in [0.25, 0.3) is 22.4 Å². The first-order chi connectivity index (χ1) is 18.1. The third-order valence-corrected chi connectivity index (χ3v) is 8.42. The molecule has 2 aromatic heterocycles. The first-order valence-corrected chi connectivity index (χ1v) is 14.3. The van der Waals surface area contributed by atoms with E-state index in [1.54, 1.807) is 13.1 Å². The summed E-state index contributed by atoms with van der Waals surface area (Å²) in [7, 11) is -2.15. The normalized spacial score (nSPS) is 15.2. The molecule has 3 aromatic rings. The first-order valence-electron chi connectivity index (χ1n) is 12.8. The minimum absolute atomic E-state index is 0.0157. The average Bonchev–Trinajstić information content (AvgIpc) is 3.21. The number of sulfonamides is 1. The van der Waals surface area contributed by atoms with E-state index in [0.29, 0.717) is 60.7 Å². The van der Waals surface area contributed by atoms with Crippen LogP contribution < -0.4 is 10.3 Å². The Morgan fingerprint density at radius 3 is 2.55 bits per heavy atom. The number of hydrogen-bond acceptors (Lipinski definition) is 8. The van der Waals surface area contributed by atoms with E-state index in [1.807, 2.05) is 18.7 Å². The molecule has 0 amide bonds. The number of piperazine rings is 1. The molecular weight excluding hydrogens is 512 g/mol. The highest BCUT2D eigenvalue weighted by Gasteiger charge is 2.30. The summed E-state index contributed by atoms with van der Waals surface area (Å²) in [6, 6.07) is 4.60. The summed E-state index contributed by atoms with van der Waals surface area (Å²) in [6.45, 7) is 6.18. The van der Waals surface area contributed by atoms with Gasteiger partial charge in [0.2, 0.25) is 10.0 Å². The van der Waals surface area contributed by atoms with Gasteiger partial charge in [-0.15, -0.1) is 0 Å². The molecule has 1 aliphatic heterocycles. The Labute approximate surface area is 221 Å². The van der Waals surface area contributed by atoms with Gasteiger partial charge in [0.15, 0.2) is 5.52 Å². The Morgan fingerprint density at radius 2 is 1.89 bits per heavy atom. The molecule has 2 N–H and O–H groups in total. The second kappa shape index (κ2) is 11.6. The van der Waals surface area contributed by atoms with E-state index in [1.165, 1.54) is 21.1 Å². The number of carbonyl (C=O) groups is 1. The van der Waals surface area contributed by atoms with Crippen molar-refractivity contribution in [3.05, 3.63) is 34.2 Å². The van der Waals surface area contributed by atoms with Gasteiger partial charge in [-0.2, -0.15) is 9.40 Å². The van der Waals surface area contributed by atoms with E-state index in [-0.39, 0.29) is 35.8 Å². The van der Waals surface area contributed by atoms with Crippen molar-refractivity contribution in [2.75, 3.05) is 39.3 Å². The maximum atomic E-state index is 13.6. The lowest BCUT2D eigenvalue weighted by Gasteiger charge is -2.33. The Hall–Kier alpha value is -3.29. The number of aliphatic carboxylic acids is 1. The summed E-state index contributed by atoms with van der Waals surface area (Å²) < 4.78 is 35.9. The highest BCUT2D eigenvalue weighted by molar-refractivity contribution is 7.89. The molecule has 0 unspecified atom stereocenters. The molecule has 3 heterocycles. The molecule has 206 valence electrons. The van der Waals surface area contributed by atoms with Crippen LogP contribution in [0.2, 0.25) is 0 Å². The largest absolute Gasteiger partial charge is 0.493 e. The molecule has 0 spiro atoms. The zero-order chi connectivity index (χ0) is 27.4. The Kier molecular flexibility index (Phi) is 8.48. The van der Waals surface area contributed by atoms with Gasteiger partial charge in [-0.1, -0.05) is 20.3 Å². The number of ether oxygens (including phenoxy) is 1. The van der Waals surface area contributed by atoms with Crippen LogP contribution in [0, 0.1) is 0 Å². The van der Waals surface area contributed by atoms with Gasteiger partial charge in [-0.25, -0.2) is 13.4 Å². The van der Waals surface area contributed by atoms with E-state index in [9.17, 15) is 18.0 Å². The fraction of sp³-hybridized carbons (Fsp3) is 0.520. The number of H-pyrrole nitrogens is 1. The number of nitrogens with zero attached hydrogens (tertiary/aromatic N) is 5. The van der Waals surface area contributed by atoms with Gasteiger partial charge in [0, 0.05) is 39.8 Å². The number of aryl methyl sites for hydroxylation is 2. The first kappa shape index (κ1) is 27.7. The molecule has 0 atom stereocenters. The molecule has 1 aliphatic rings. The fourth-order valence-corrected chi connectivity index (χ4v) is 6.02. The number of hydrogen-bond donors (Lipinski definition) is 2. The molecular formula is C25H34N6O6S. The molecule has 1 saturated heterocycles. The summed E-state index contributed by atoms with van der Waals surface area (Å²) in [5, 5.41) is 13.4. The zero-order valence-corrected chi connectivity index (χ0v) is 22.8. The molecule has 12 nitrogen and oxygen atoms in total. The van der Waals surface area contributed by atoms with Gasteiger partial charge < -0.3 is 19.7 Å². The number of carboxylic acid groups (broad SMARTS) is 1. The third-order valence-electron chi connectivity index (χ3n) is 6.53. The average molecular weight is 547 g/mol. The highest BCUT2D eigenvalue weighted by Crippen LogP contribution is 2.32. The SMILES string of the molecule is CCCOc1ccc(S(=O)(=O)N2CCN(CCC(=O)O)CC2)cc1-c1nc2c(CCC)nn(C)c2c(=O)[nH]1. The number of aromatic amines is 1. The smallest absolute Gasteiger partial charge is 0.304 e. The van der Waals surface area contributed by atoms with Crippen molar-refractivity contribution in [1.82, 2.24) is 29.0 Å². The summed E-state index contributed by atoms with van der Waals surface area (Å²) in [5.41, 5.74) is 1.57. The van der Waals surface area contributed by atoms with Crippen molar-refractivity contribution in [2.24, 2.45) is 7.05 Å². The lowest BCUT2D eigenvalue weighted by atomic mass is 10.1. The van der Waals surface area contributed by atoms with Gasteiger partial charge in [0.25, 0.3) is 5.56 Å². The molecule has 1 fully saturated rings. The van der Waals surface area contributed by atoms with Crippen molar-refractivity contribution in [2.45, 2.75) is 44.4 Å². The standard InChI is InChI=1S/C25H34N6O6S/c1-4-6-19-22-23(29(3)28-19)25(34)27-24(26-22)18-16-17(7-8-20(18)37-15-5-2)38(35,36)31-13-11-30(12-14-31)10-9-21(32)33/h7-8,16H,4-6,9-15H2,1-3H3,(H,32,33)(H,26,27,34). The van der Waals surface area contributed by atoms with Crippen LogP contribution in [0.3, 0.4) is 0 Å². The second-order valence-electron chi connectivity index (χ2n) is 9.33. The molecule has 4 rings (SSSR count). The minimum atomic E-state index is -3.85. The van der Waals surface area contributed by atoms with Gasteiger partial charge in [0.05, 0.1) is 29.2 Å². The number of aromatic nitrogens is 4. The van der Waals surface area contributed by atoms with Gasteiger partial charge in [-0.3, -0.25) is 14.3 Å². The molecule has 0 saturated carbocycles. The van der Waals surface area contributed by atoms with Crippen LogP contribution in [0.4, 0.5) is 0 Å². The predicted octanol–water partition coefficient (Wildman–Crippen LogP) is 1.85. The van der Waals surface area contributed by atoms with Crippen molar-refractivity contribution in [1.29, 1.82) is 0 Å². The quantitative estimate of drug-likeness (QED) is 0.367. The van der Waals surface area contributed by atoms with E-state index in [0.717, 1.165) is 12.8 Å². The van der Waals surface area contributed by atoms with Crippen LogP contribution in [-0.4, -0.2) is 87.8 Å². The van der Waals surface area contributed by atoms with E-state index >= 15 is 0 Å². The maximum absolute atomic E-state index is 13.6. The lowest BCUT2D eigenvalue weighted by molar-refractivity contribution is -0.137. The van der Waals surface area contributed by atoms with E-state index < -0.39 is 16.0 Å². The van der Waals surface area contributed by atoms with Crippen molar-refractivity contribution < 1.29 is 23.1 Å². The van der Waals surface area contributed by atoms with Gasteiger partial charge in [0.1, 0.15) is 17.1 Å². The van der Waals surface area contributed by atoms with Crippen LogP contribution in [0.5, 0.6) is 5.75 Å². The minimum Gasteiger partial charge on any atom is -0.493 e.